The van der Waals surface area contributed by atoms with E-state index >= 15 is 0 Å². The summed E-state index contributed by atoms with van der Waals surface area (Å²) in [7, 11) is 1.24. The monoisotopic (exact) mass is 378 g/mol. The van der Waals surface area contributed by atoms with Crippen LogP contribution in [0.4, 0.5) is 15.9 Å². The lowest BCUT2D eigenvalue weighted by molar-refractivity contribution is 0.0600. The van der Waals surface area contributed by atoms with Crippen molar-refractivity contribution in [2.75, 3.05) is 12.4 Å². The molecule has 6 heteroatoms. The van der Waals surface area contributed by atoms with Crippen molar-refractivity contribution in [2.45, 2.75) is 12.8 Å². The number of nitrogens with zero attached hydrogens (tertiary/aromatic N) is 1. The van der Waals surface area contributed by atoms with Gasteiger partial charge in [0.15, 0.2) is 5.78 Å². The molecule has 3 rings (SSSR count). The van der Waals surface area contributed by atoms with Crippen LogP contribution in [0.25, 0.3) is 0 Å². The second kappa shape index (κ2) is 8.90. The van der Waals surface area contributed by atoms with Gasteiger partial charge >= 0.3 is 5.97 Å². The Labute approximate surface area is 162 Å². The van der Waals surface area contributed by atoms with E-state index < -0.39 is 11.8 Å². The number of methoxy groups -OCH3 is 1. The number of anilines is 2. The number of carbonyl (C=O) groups is 2. The van der Waals surface area contributed by atoms with Gasteiger partial charge in [-0.2, -0.15) is 0 Å². The molecule has 142 valence electrons. The predicted molar refractivity (Wildman–Crippen MR) is 104 cm³/mol. The number of nitrogens with one attached hydrogen (secondary N) is 1. The van der Waals surface area contributed by atoms with Crippen molar-refractivity contribution in [1.29, 1.82) is 0 Å². The van der Waals surface area contributed by atoms with Crippen LogP contribution in [0.5, 0.6) is 0 Å². The van der Waals surface area contributed by atoms with Crippen LogP contribution in [0.1, 0.15) is 32.7 Å². The fraction of sp³-hybridized carbons (Fsp3) is 0.136. The molecule has 0 unspecified atom stereocenters. The maximum atomic E-state index is 14.2. The Morgan fingerprint density at radius 2 is 1.86 bits per heavy atom. The average molecular weight is 378 g/mol. The molecule has 0 aliphatic rings. The number of aryl methyl sites for hydroxylation is 1. The lowest BCUT2D eigenvalue weighted by Gasteiger charge is -2.10. The second-order valence-corrected chi connectivity index (χ2v) is 6.11. The number of halogens is 1. The average Bonchev–Trinajstić information content (AvgIpc) is 2.73. The van der Waals surface area contributed by atoms with Crippen molar-refractivity contribution in [3.63, 3.8) is 0 Å². The van der Waals surface area contributed by atoms with E-state index in [1.807, 2.05) is 30.3 Å². The second-order valence-electron chi connectivity index (χ2n) is 6.11. The van der Waals surface area contributed by atoms with Crippen LogP contribution in [0.2, 0.25) is 0 Å². The summed E-state index contributed by atoms with van der Waals surface area (Å²) in [5.41, 5.74) is 1.76. The molecule has 2 aromatic carbocycles. The van der Waals surface area contributed by atoms with Gasteiger partial charge in [-0.3, -0.25) is 4.79 Å². The van der Waals surface area contributed by atoms with Gasteiger partial charge in [0.2, 0.25) is 0 Å². The quantitative estimate of drug-likeness (QED) is 0.482. The number of aromatic nitrogens is 1. The molecule has 5 nitrogen and oxygen atoms in total. The fourth-order valence-corrected chi connectivity index (χ4v) is 2.77. The Hall–Kier alpha value is -3.54. The van der Waals surface area contributed by atoms with E-state index in [0.29, 0.717) is 16.9 Å². The van der Waals surface area contributed by atoms with Crippen LogP contribution in [-0.2, 0) is 11.2 Å². The summed E-state index contributed by atoms with van der Waals surface area (Å²) in [5.74, 6) is -0.832. The molecule has 3 aromatic rings. The molecule has 0 spiro atoms. The number of hydrogen-bond donors (Lipinski definition) is 1. The first-order chi connectivity index (χ1) is 13.6. The molecule has 0 aliphatic heterocycles. The molecule has 0 bridgehead atoms. The number of ether oxygens (including phenoxy) is 1. The molecule has 0 saturated heterocycles. The SMILES string of the molecule is COC(=O)c1ccc(CCC(=O)c2cccnc2Nc2ccccc2)c(F)c1. The first-order valence-electron chi connectivity index (χ1n) is 8.75. The van der Waals surface area contributed by atoms with Crippen LogP contribution in [0, 0.1) is 5.82 Å². The lowest BCUT2D eigenvalue weighted by Crippen LogP contribution is -2.08. The molecule has 0 fully saturated rings. The first-order valence-corrected chi connectivity index (χ1v) is 8.75. The highest BCUT2D eigenvalue weighted by molar-refractivity contribution is 6.01. The van der Waals surface area contributed by atoms with Crippen molar-refractivity contribution in [3.8, 4) is 0 Å². The summed E-state index contributed by atoms with van der Waals surface area (Å²) in [6.07, 6.45) is 1.93. The highest BCUT2D eigenvalue weighted by Crippen LogP contribution is 2.21. The van der Waals surface area contributed by atoms with Crippen molar-refractivity contribution < 1.29 is 18.7 Å². The van der Waals surface area contributed by atoms with E-state index in [0.717, 1.165) is 11.8 Å². The van der Waals surface area contributed by atoms with E-state index in [1.54, 1.807) is 18.3 Å². The Morgan fingerprint density at radius 3 is 2.57 bits per heavy atom. The van der Waals surface area contributed by atoms with Crippen LogP contribution < -0.4 is 5.32 Å². The van der Waals surface area contributed by atoms with Gasteiger partial charge in [0.05, 0.1) is 18.2 Å². The molecular weight excluding hydrogens is 359 g/mol. The zero-order chi connectivity index (χ0) is 19.9. The van der Waals surface area contributed by atoms with E-state index in [-0.39, 0.29) is 24.2 Å². The summed E-state index contributed by atoms with van der Waals surface area (Å²) < 4.78 is 18.8. The number of rotatable bonds is 7. The molecule has 0 amide bonds. The summed E-state index contributed by atoms with van der Waals surface area (Å²) in [6.45, 7) is 0. The minimum Gasteiger partial charge on any atom is -0.465 e. The molecule has 0 aliphatic carbocycles. The summed E-state index contributed by atoms with van der Waals surface area (Å²) >= 11 is 0. The number of pyridine rings is 1. The highest BCUT2D eigenvalue weighted by Gasteiger charge is 2.15. The Morgan fingerprint density at radius 1 is 1.07 bits per heavy atom. The molecule has 1 N–H and O–H groups in total. The zero-order valence-corrected chi connectivity index (χ0v) is 15.3. The third-order valence-electron chi connectivity index (χ3n) is 4.24. The van der Waals surface area contributed by atoms with Crippen molar-refractivity contribution in [3.05, 3.63) is 89.4 Å². The van der Waals surface area contributed by atoms with Crippen molar-refractivity contribution in [1.82, 2.24) is 4.98 Å². The van der Waals surface area contributed by atoms with E-state index in [1.165, 1.54) is 19.2 Å². The number of Topliss-reactive ketones (excluding diaryl/α,β-unsaturated/α-hetero) is 1. The topological polar surface area (TPSA) is 68.3 Å². The van der Waals surface area contributed by atoms with Gasteiger partial charge in [0.1, 0.15) is 11.6 Å². The van der Waals surface area contributed by atoms with Crippen molar-refractivity contribution >= 4 is 23.3 Å². The van der Waals surface area contributed by atoms with Crippen LogP contribution >= 0.6 is 0 Å². The summed E-state index contributed by atoms with van der Waals surface area (Å²) in [5, 5.41) is 3.13. The number of hydrogen-bond acceptors (Lipinski definition) is 5. The number of esters is 1. The van der Waals surface area contributed by atoms with Crippen molar-refractivity contribution in [2.24, 2.45) is 0 Å². The predicted octanol–water partition coefficient (Wildman–Crippen LogP) is 4.57. The van der Waals surface area contributed by atoms with Crippen LogP contribution in [0.3, 0.4) is 0 Å². The lowest BCUT2D eigenvalue weighted by atomic mass is 10.0. The number of ketones is 1. The largest absolute Gasteiger partial charge is 0.465 e. The summed E-state index contributed by atoms with van der Waals surface area (Å²) in [4.78, 5) is 28.4. The zero-order valence-electron chi connectivity index (χ0n) is 15.3. The molecule has 0 saturated carbocycles. The molecule has 0 radical (unpaired) electrons. The van der Waals surface area contributed by atoms with Gasteiger partial charge in [-0.1, -0.05) is 24.3 Å². The Bertz CT molecular complexity index is 990. The van der Waals surface area contributed by atoms with E-state index in [9.17, 15) is 14.0 Å². The number of benzene rings is 2. The fourth-order valence-electron chi connectivity index (χ4n) is 2.77. The minimum absolute atomic E-state index is 0.115. The number of carbonyl (C=O) groups excluding carboxylic acids is 2. The Kier molecular flexibility index (Phi) is 6.11. The minimum atomic E-state index is -0.603. The maximum Gasteiger partial charge on any atom is 0.337 e. The van der Waals surface area contributed by atoms with Crippen LogP contribution in [-0.4, -0.2) is 23.8 Å². The van der Waals surface area contributed by atoms with Gasteiger partial charge in [-0.25, -0.2) is 14.2 Å². The Balaban J connectivity index is 1.71. The van der Waals surface area contributed by atoms with Gasteiger partial charge in [0, 0.05) is 18.3 Å². The number of para-hydroxylation sites is 1. The van der Waals surface area contributed by atoms with Gasteiger partial charge in [0.25, 0.3) is 0 Å². The van der Waals surface area contributed by atoms with E-state index in [2.05, 4.69) is 15.0 Å². The summed E-state index contributed by atoms with van der Waals surface area (Å²) in [6, 6.07) is 16.9. The van der Waals surface area contributed by atoms with Gasteiger partial charge in [-0.15, -0.1) is 0 Å². The normalized spacial score (nSPS) is 10.4. The van der Waals surface area contributed by atoms with Crippen LogP contribution in [0.15, 0.2) is 66.9 Å². The van der Waals surface area contributed by atoms with Gasteiger partial charge in [-0.05, 0) is 48.4 Å². The molecule has 1 heterocycles. The molecular formula is C22H19FN2O3. The van der Waals surface area contributed by atoms with E-state index in [4.69, 9.17) is 0 Å². The molecule has 0 atom stereocenters. The first kappa shape index (κ1) is 19.2. The third-order valence-corrected chi connectivity index (χ3v) is 4.24. The van der Waals surface area contributed by atoms with Gasteiger partial charge < -0.3 is 10.1 Å². The highest BCUT2D eigenvalue weighted by atomic mass is 19.1. The smallest absolute Gasteiger partial charge is 0.337 e. The molecule has 1 aromatic heterocycles. The molecule has 28 heavy (non-hydrogen) atoms. The standard InChI is InChI=1S/C22H19FN2O3/c1-28-22(27)16-10-9-15(19(23)14-16)11-12-20(26)18-8-5-13-24-21(18)25-17-6-3-2-4-7-17/h2-10,13-14H,11-12H2,1H3,(H,24,25). The maximum absolute atomic E-state index is 14.2. The third kappa shape index (κ3) is 4.59.